The average Bonchev–Trinajstić information content (AvgIpc) is 2.93. The molecule has 0 aliphatic heterocycles. The second-order valence-corrected chi connectivity index (χ2v) is 7.10. The van der Waals surface area contributed by atoms with Crippen LogP contribution in [0, 0.1) is 5.92 Å². The zero-order valence-corrected chi connectivity index (χ0v) is 15.6. The fraction of sp³-hybridized carbons (Fsp3) is 0.619. The van der Waals surface area contributed by atoms with Gasteiger partial charge in [-0.25, -0.2) is 0 Å². The lowest BCUT2D eigenvalue weighted by Gasteiger charge is -2.33. The van der Waals surface area contributed by atoms with Crippen LogP contribution in [0.3, 0.4) is 0 Å². The topological polar surface area (TPSA) is 46.6 Å². The first-order valence-electron chi connectivity index (χ1n) is 9.53. The smallest absolute Gasteiger partial charge is 0.310 e. The van der Waals surface area contributed by atoms with Gasteiger partial charge in [0.25, 0.3) is 0 Å². The van der Waals surface area contributed by atoms with E-state index in [1.807, 2.05) is 30.0 Å². The molecule has 1 aliphatic rings. The number of nitrogens with zero attached hydrogens (tertiary/aromatic N) is 1. The molecule has 25 heavy (non-hydrogen) atoms. The number of esters is 1. The Balaban J connectivity index is 2.03. The molecule has 1 aromatic carbocycles. The minimum Gasteiger partial charge on any atom is -0.469 e. The monoisotopic (exact) mass is 345 g/mol. The predicted octanol–water partition coefficient (Wildman–Crippen LogP) is 3.98. The molecule has 1 saturated carbocycles. The molecule has 4 nitrogen and oxygen atoms in total. The maximum atomic E-state index is 12.9. The summed E-state index contributed by atoms with van der Waals surface area (Å²) in [4.78, 5) is 26.8. The molecule has 0 N–H and O–H groups in total. The van der Waals surface area contributed by atoms with Gasteiger partial charge >= 0.3 is 5.97 Å². The molecule has 1 aromatic rings. The van der Waals surface area contributed by atoms with E-state index in [0.717, 1.165) is 19.3 Å². The lowest BCUT2D eigenvalue weighted by molar-refractivity contribution is -0.147. The molecular weight excluding hydrogens is 314 g/mol. The first kappa shape index (κ1) is 19.5. The summed E-state index contributed by atoms with van der Waals surface area (Å²) in [5, 5.41) is 0. The van der Waals surface area contributed by atoms with Gasteiger partial charge in [-0.3, -0.25) is 9.59 Å². The van der Waals surface area contributed by atoms with E-state index in [9.17, 15) is 9.59 Å². The third-order valence-corrected chi connectivity index (χ3v) is 5.13. The van der Waals surface area contributed by atoms with E-state index in [2.05, 4.69) is 12.1 Å². The number of amides is 1. The lowest BCUT2D eigenvalue weighted by atomic mass is 10.0. The Labute approximate surface area is 151 Å². The first-order valence-corrected chi connectivity index (χ1v) is 9.53. The standard InChI is InChI=1S/C21H31NO3/c1-17(21(24)25-2)16-22(19-12-8-3-4-9-13-19)20(23)15-14-18-10-6-5-7-11-18/h5-7,10-11,17,19H,3-4,8-9,12-16H2,1-2H3. The Morgan fingerprint density at radius 2 is 1.76 bits per heavy atom. The highest BCUT2D eigenvalue weighted by Gasteiger charge is 2.28. The van der Waals surface area contributed by atoms with Crippen molar-refractivity contribution < 1.29 is 14.3 Å². The van der Waals surface area contributed by atoms with Crippen LogP contribution in [0.2, 0.25) is 0 Å². The zero-order valence-electron chi connectivity index (χ0n) is 15.6. The Kier molecular flexibility index (Phi) is 7.96. The van der Waals surface area contributed by atoms with Gasteiger partial charge in [0.2, 0.25) is 5.91 Å². The maximum Gasteiger partial charge on any atom is 0.310 e. The van der Waals surface area contributed by atoms with Gasteiger partial charge in [-0.15, -0.1) is 0 Å². The third-order valence-electron chi connectivity index (χ3n) is 5.13. The molecule has 0 heterocycles. The maximum absolute atomic E-state index is 12.9. The molecule has 138 valence electrons. The van der Waals surface area contributed by atoms with Gasteiger partial charge in [0, 0.05) is 19.0 Å². The van der Waals surface area contributed by atoms with Crippen molar-refractivity contribution in [3.05, 3.63) is 35.9 Å². The highest BCUT2D eigenvalue weighted by atomic mass is 16.5. The average molecular weight is 345 g/mol. The third kappa shape index (κ3) is 6.18. The van der Waals surface area contributed by atoms with Crippen LogP contribution in [-0.4, -0.2) is 36.5 Å². The number of carbonyl (C=O) groups is 2. The quantitative estimate of drug-likeness (QED) is 0.555. The summed E-state index contributed by atoms with van der Waals surface area (Å²) < 4.78 is 4.86. The molecule has 1 fully saturated rings. The van der Waals surface area contributed by atoms with Crippen LogP contribution >= 0.6 is 0 Å². The highest BCUT2D eigenvalue weighted by molar-refractivity contribution is 5.78. The summed E-state index contributed by atoms with van der Waals surface area (Å²) in [6, 6.07) is 10.4. The van der Waals surface area contributed by atoms with Crippen molar-refractivity contribution in [2.24, 2.45) is 5.92 Å². The Morgan fingerprint density at radius 1 is 1.12 bits per heavy atom. The van der Waals surface area contributed by atoms with Crippen molar-refractivity contribution in [1.82, 2.24) is 4.90 Å². The molecule has 0 bridgehead atoms. The molecule has 1 unspecified atom stereocenters. The molecule has 1 aliphatic carbocycles. The molecule has 1 atom stereocenters. The van der Waals surface area contributed by atoms with Crippen LogP contribution in [0.4, 0.5) is 0 Å². The summed E-state index contributed by atoms with van der Waals surface area (Å²) in [6.07, 6.45) is 8.16. The van der Waals surface area contributed by atoms with Crippen molar-refractivity contribution in [2.75, 3.05) is 13.7 Å². The molecule has 4 heteroatoms. The number of rotatable bonds is 7. The number of benzene rings is 1. The van der Waals surface area contributed by atoms with E-state index in [4.69, 9.17) is 4.74 Å². The van der Waals surface area contributed by atoms with E-state index in [-0.39, 0.29) is 23.8 Å². The Morgan fingerprint density at radius 3 is 2.36 bits per heavy atom. The van der Waals surface area contributed by atoms with Crippen LogP contribution in [0.15, 0.2) is 30.3 Å². The zero-order chi connectivity index (χ0) is 18.1. The summed E-state index contributed by atoms with van der Waals surface area (Å²) in [6.45, 7) is 2.31. The van der Waals surface area contributed by atoms with Gasteiger partial charge in [0.15, 0.2) is 0 Å². The second-order valence-electron chi connectivity index (χ2n) is 7.10. The Bertz CT molecular complexity index is 535. The fourth-order valence-corrected chi connectivity index (χ4v) is 3.63. The van der Waals surface area contributed by atoms with Gasteiger partial charge < -0.3 is 9.64 Å². The first-order chi connectivity index (χ1) is 12.1. The van der Waals surface area contributed by atoms with Crippen LogP contribution in [0.25, 0.3) is 0 Å². The van der Waals surface area contributed by atoms with Crippen molar-refractivity contribution in [2.45, 2.75) is 64.3 Å². The van der Waals surface area contributed by atoms with Gasteiger partial charge in [-0.1, -0.05) is 62.9 Å². The number of hydrogen-bond donors (Lipinski definition) is 0. The van der Waals surface area contributed by atoms with E-state index in [0.29, 0.717) is 13.0 Å². The van der Waals surface area contributed by atoms with Crippen molar-refractivity contribution >= 4 is 11.9 Å². The molecule has 2 rings (SSSR count). The van der Waals surface area contributed by atoms with Crippen LogP contribution in [-0.2, 0) is 20.7 Å². The minimum absolute atomic E-state index is 0.159. The predicted molar refractivity (Wildman–Crippen MR) is 99.1 cm³/mol. The minimum atomic E-state index is -0.283. The van der Waals surface area contributed by atoms with Gasteiger partial charge in [-0.05, 0) is 24.8 Å². The van der Waals surface area contributed by atoms with E-state index in [1.165, 1.54) is 38.4 Å². The van der Waals surface area contributed by atoms with Crippen molar-refractivity contribution in [1.29, 1.82) is 0 Å². The van der Waals surface area contributed by atoms with E-state index < -0.39 is 0 Å². The number of aryl methyl sites for hydroxylation is 1. The van der Waals surface area contributed by atoms with Gasteiger partial charge in [0.1, 0.15) is 0 Å². The second kappa shape index (κ2) is 10.2. The number of hydrogen-bond acceptors (Lipinski definition) is 3. The Hall–Kier alpha value is -1.84. The summed E-state index contributed by atoms with van der Waals surface area (Å²) in [5.74, 6) is -0.366. The largest absolute Gasteiger partial charge is 0.469 e. The summed E-state index contributed by atoms with van der Waals surface area (Å²) >= 11 is 0. The summed E-state index contributed by atoms with van der Waals surface area (Å²) in [5.41, 5.74) is 1.18. The molecular formula is C21H31NO3. The number of ether oxygens (including phenoxy) is 1. The van der Waals surface area contributed by atoms with Crippen molar-refractivity contribution in [3.63, 3.8) is 0 Å². The molecule has 0 spiro atoms. The normalized spacial score (nSPS) is 16.7. The molecule has 0 radical (unpaired) electrons. The molecule has 1 amide bonds. The van der Waals surface area contributed by atoms with E-state index >= 15 is 0 Å². The molecule has 0 aromatic heterocycles. The van der Waals surface area contributed by atoms with Crippen LogP contribution in [0.1, 0.15) is 57.4 Å². The van der Waals surface area contributed by atoms with Gasteiger partial charge in [0.05, 0.1) is 13.0 Å². The molecule has 0 saturated heterocycles. The number of carbonyl (C=O) groups excluding carboxylic acids is 2. The van der Waals surface area contributed by atoms with Crippen LogP contribution in [0.5, 0.6) is 0 Å². The van der Waals surface area contributed by atoms with Gasteiger partial charge in [-0.2, -0.15) is 0 Å². The SMILES string of the molecule is COC(=O)C(C)CN(C(=O)CCc1ccccc1)C1CCCCCC1. The van der Waals surface area contributed by atoms with Crippen molar-refractivity contribution in [3.8, 4) is 0 Å². The number of methoxy groups -OCH3 is 1. The summed E-state index contributed by atoms with van der Waals surface area (Å²) in [7, 11) is 1.41. The fourth-order valence-electron chi connectivity index (χ4n) is 3.63. The lowest BCUT2D eigenvalue weighted by Crippen LogP contribution is -2.44. The highest BCUT2D eigenvalue weighted by Crippen LogP contribution is 2.24. The van der Waals surface area contributed by atoms with Crippen LogP contribution < -0.4 is 0 Å². The van der Waals surface area contributed by atoms with E-state index in [1.54, 1.807) is 0 Å².